The third-order valence-electron chi connectivity index (χ3n) is 3.03. The molecule has 0 saturated heterocycles. The molecule has 0 aliphatic carbocycles. The molecule has 1 amide bonds. The van der Waals surface area contributed by atoms with E-state index in [9.17, 15) is 4.79 Å². The van der Waals surface area contributed by atoms with Crippen molar-refractivity contribution in [2.45, 2.75) is 12.1 Å². The van der Waals surface area contributed by atoms with E-state index in [0.29, 0.717) is 28.0 Å². The molecule has 2 rings (SSSR count). The second kappa shape index (κ2) is 7.97. The van der Waals surface area contributed by atoms with Gasteiger partial charge in [-0.25, -0.2) is 4.68 Å². The summed E-state index contributed by atoms with van der Waals surface area (Å²) in [5.41, 5.74) is 3.24. The Bertz CT molecular complexity index is 741. The summed E-state index contributed by atoms with van der Waals surface area (Å²) in [6, 6.07) is 4.87. The van der Waals surface area contributed by atoms with Gasteiger partial charge in [0, 0.05) is 11.6 Å². The van der Waals surface area contributed by atoms with E-state index in [2.05, 4.69) is 20.9 Å². The number of nitrogens with zero attached hydrogens (tertiary/aromatic N) is 3. The molecule has 0 unspecified atom stereocenters. The van der Waals surface area contributed by atoms with E-state index >= 15 is 0 Å². The van der Waals surface area contributed by atoms with Crippen molar-refractivity contribution in [3.05, 3.63) is 29.6 Å². The number of carbonyl (C=O) groups excluding carboxylic acids is 1. The fourth-order valence-electron chi connectivity index (χ4n) is 1.85. The zero-order valence-electron chi connectivity index (χ0n) is 13.6. The summed E-state index contributed by atoms with van der Waals surface area (Å²) < 4.78 is 11.9. The largest absolute Gasteiger partial charge is 0.497 e. The Labute approximate surface area is 148 Å². The van der Waals surface area contributed by atoms with Crippen LogP contribution in [-0.4, -0.2) is 46.4 Å². The minimum Gasteiger partial charge on any atom is -0.497 e. The minimum absolute atomic E-state index is 0.125. The number of rotatable bonds is 5. The summed E-state index contributed by atoms with van der Waals surface area (Å²) in [6.45, 7) is 1.77. The topological polar surface area (TPSA) is 90.3 Å². The molecule has 0 aliphatic rings. The van der Waals surface area contributed by atoms with Crippen molar-refractivity contribution in [1.82, 2.24) is 20.2 Å². The fraction of sp³-hybridized carbons (Fsp3) is 0.286. The lowest BCUT2D eigenvalue weighted by Gasteiger charge is -2.13. The van der Waals surface area contributed by atoms with Crippen molar-refractivity contribution in [1.29, 1.82) is 0 Å². The first kappa shape index (κ1) is 18.0. The lowest BCUT2D eigenvalue weighted by molar-refractivity contribution is 0.0976. The van der Waals surface area contributed by atoms with E-state index in [1.54, 1.807) is 29.8 Å². The van der Waals surface area contributed by atoms with Gasteiger partial charge in [-0.3, -0.25) is 15.5 Å². The van der Waals surface area contributed by atoms with Crippen molar-refractivity contribution in [3.63, 3.8) is 0 Å². The van der Waals surface area contributed by atoms with Crippen LogP contribution in [0.15, 0.2) is 23.4 Å². The van der Waals surface area contributed by atoms with Crippen LogP contribution in [0.5, 0.6) is 11.5 Å². The van der Waals surface area contributed by atoms with Gasteiger partial charge in [0.25, 0.3) is 5.91 Å². The molecule has 2 N–H and O–H groups in total. The number of hydrogen-bond acceptors (Lipinski definition) is 7. The van der Waals surface area contributed by atoms with Gasteiger partial charge in [-0.05, 0) is 37.5 Å². The summed E-state index contributed by atoms with van der Waals surface area (Å²) in [5.74, 6) is 1.26. The van der Waals surface area contributed by atoms with E-state index in [-0.39, 0.29) is 11.0 Å². The number of aromatic nitrogens is 3. The highest BCUT2D eigenvalue weighted by molar-refractivity contribution is 7.98. The molecule has 1 aromatic carbocycles. The Morgan fingerprint density at radius 1 is 1.21 bits per heavy atom. The van der Waals surface area contributed by atoms with Gasteiger partial charge in [-0.2, -0.15) is 0 Å². The minimum atomic E-state index is -0.388. The van der Waals surface area contributed by atoms with Gasteiger partial charge >= 0.3 is 0 Å². The lowest BCUT2D eigenvalue weighted by Crippen LogP contribution is -2.38. The molecule has 0 atom stereocenters. The van der Waals surface area contributed by atoms with E-state index in [1.807, 2.05) is 6.26 Å². The fourth-order valence-corrected chi connectivity index (χ4v) is 2.51. The Morgan fingerprint density at radius 3 is 2.38 bits per heavy atom. The van der Waals surface area contributed by atoms with E-state index in [0.717, 1.165) is 0 Å². The van der Waals surface area contributed by atoms with Crippen molar-refractivity contribution >= 4 is 35.0 Å². The van der Waals surface area contributed by atoms with Crippen LogP contribution in [0.4, 0.5) is 0 Å². The summed E-state index contributed by atoms with van der Waals surface area (Å²) in [6.07, 6.45) is 1.87. The number of ether oxygens (including phenoxy) is 2. The van der Waals surface area contributed by atoms with Crippen molar-refractivity contribution in [2.24, 2.45) is 0 Å². The normalized spacial score (nSPS) is 10.2. The van der Waals surface area contributed by atoms with E-state index in [4.69, 9.17) is 21.7 Å². The summed E-state index contributed by atoms with van der Waals surface area (Å²) in [5, 5.41) is 11.3. The summed E-state index contributed by atoms with van der Waals surface area (Å²) >= 11 is 6.58. The summed E-state index contributed by atoms with van der Waals surface area (Å²) in [4.78, 5) is 12.4. The van der Waals surface area contributed by atoms with E-state index < -0.39 is 0 Å². The number of hydrogen-bond donors (Lipinski definition) is 2. The molecule has 0 radical (unpaired) electrons. The number of amides is 1. The molecule has 24 heavy (non-hydrogen) atoms. The van der Waals surface area contributed by atoms with Gasteiger partial charge in [0.05, 0.1) is 14.2 Å². The maximum Gasteiger partial charge on any atom is 0.257 e. The first-order valence-electron chi connectivity index (χ1n) is 6.80. The smallest absolute Gasteiger partial charge is 0.257 e. The molecule has 0 saturated carbocycles. The van der Waals surface area contributed by atoms with Crippen LogP contribution in [0.1, 0.15) is 16.2 Å². The molecule has 2 aromatic rings. The average molecular weight is 367 g/mol. The van der Waals surface area contributed by atoms with Gasteiger partial charge < -0.3 is 9.47 Å². The van der Waals surface area contributed by atoms with Gasteiger partial charge in [0.2, 0.25) is 5.16 Å². The van der Waals surface area contributed by atoms with Crippen molar-refractivity contribution < 1.29 is 14.3 Å². The number of methoxy groups -OCH3 is 2. The Hall–Kier alpha value is -2.33. The Kier molecular flexibility index (Phi) is 5.99. The second-order valence-electron chi connectivity index (χ2n) is 4.57. The molecule has 0 fully saturated rings. The molecule has 1 heterocycles. The van der Waals surface area contributed by atoms with Gasteiger partial charge in [-0.15, -0.1) is 10.2 Å². The van der Waals surface area contributed by atoms with Crippen LogP contribution in [0.2, 0.25) is 0 Å². The number of aryl methyl sites for hydroxylation is 1. The highest BCUT2D eigenvalue weighted by Gasteiger charge is 2.14. The third kappa shape index (κ3) is 4.15. The van der Waals surface area contributed by atoms with E-state index in [1.165, 1.54) is 26.0 Å². The molecule has 8 nitrogen and oxygen atoms in total. The second-order valence-corrected chi connectivity index (χ2v) is 5.75. The van der Waals surface area contributed by atoms with Crippen LogP contribution in [-0.2, 0) is 0 Å². The van der Waals surface area contributed by atoms with Gasteiger partial charge in [-0.1, -0.05) is 11.8 Å². The molecule has 10 heteroatoms. The maximum absolute atomic E-state index is 12.4. The lowest BCUT2D eigenvalue weighted by atomic mass is 10.2. The molecule has 0 aliphatic heterocycles. The standard InChI is InChI=1S/C14H17N5O3S2/c1-8-16-17-14(24-4)19(8)18-13(23)15-12(20)9-5-10(21-2)7-11(6-9)22-3/h5-7H,1-4H3,(H2,15,18,20,23). The number of nitrogens with one attached hydrogen (secondary N) is 2. The molecular formula is C14H17N5O3S2. The Morgan fingerprint density at radius 2 is 1.83 bits per heavy atom. The summed E-state index contributed by atoms with van der Waals surface area (Å²) in [7, 11) is 3.03. The predicted octanol–water partition coefficient (Wildman–Crippen LogP) is 1.58. The number of thioether (sulfide) groups is 1. The zero-order chi connectivity index (χ0) is 17.7. The van der Waals surface area contributed by atoms with Crippen molar-refractivity contribution in [2.75, 3.05) is 25.9 Å². The molecular weight excluding hydrogens is 350 g/mol. The average Bonchev–Trinajstić information content (AvgIpc) is 2.94. The molecule has 128 valence electrons. The third-order valence-corrected chi connectivity index (χ3v) is 3.85. The first-order valence-corrected chi connectivity index (χ1v) is 8.43. The van der Waals surface area contributed by atoms with Crippen LogP contribution < -0.4 is 20.2 Å². The SMILES string of the molecule is COc1cc(OC)cc(C(=O)NC(=S)Nn2c(C)nnc2SC)c1. The number of benzene rings is 1. The Balaban J connectivity index is 2.11. The monoisotopic (exact) mass is 367 g/mol. The number of carbonyl (C=O) groups is 1. The molecule has 1 aromatic heterocycles. The number of thiocarbonyl (C=S) groups is 1. The highest BCUT2D eigenvalue weighted by Crippen LogP contribution is 2.22. The first-order chi connectivity index (χ1) is 11.5. The molecule has 0 spiro atoms. The zero-order valence-corrected chi connectivity index (χ0v) is 15.2. The van der Waals surface area contributed by atoms with Crippen LogP contribution in [0, 0.1) is 6.92 Å². The van der Waals surface area contributed by atoms with Crippen LogP contribution >= 0.6 is 24.0 Å². The quantitative estimate of drug-likeness (QED) is 0.608. The highest BCUT2D eigenvalue weighted by atomic mass is 32.2. The predicted molar refractivity (Wildman–Crippen MR) is 95.5 cm³/mol. The maximum atomic E-state index is 12.4. The van der Waals surface area contributed by atoms with Crippen LogP contribution in [0.25, 0.3) is 0 Å². The van der Waals surface area contributed by atoms with Gasteiger partial charge in [0.15, 0.2) is 5.11 Å². The molecule has 0 bridgehead atoms. The van der Waals surface area contributed by atoms with Crippen LogP contribution in [0.3, 0.4) is 0 Å². The van der Waals surface area contributed by atoms with Crippen molar-refractivity contribution in [3.8, 4) is 11.5 Å². The van der Waals surface area contributed by atoms with Gasteiger partial charge in [0.1, 0.15) is 17.3 Å².